The molecule has 0 spiro atoms. The first-order valence-corrected chi connectivity index (χ1v) is 6.15. The fourth-order valence-corrected chi connectivity index (χ4v) is 2.15. The Hall–Kier alpha value is -1.76. The van der Waals surface area contributed by atoms with Crippen molar-refractivity contribution in [2.45, 2.75) is 25.1 Å². The predicted octanol–water partition coefficient (Wildman–Crippen LogP) is 2.73. The van der Waals surface area contributed by atoms with Crippen molar-refractivity contribution >= 4 is 11.1 Å². The van der Waals surface area contributed by atoms with Gasteiger partial charge in [-0.2, -0.15) is 13.2 Å². The summed E-state index contributed by atoms with van der Waals surface area (Å²) < 4.78 is 43.2. The average molecular weight is 288 g/mol. The Morgan fingerprint density at radius 1 is 1.40 bits per heavy atom. The van der Waals surface area contributed by atoms with E-state index < -0.39 is 24.4 Å². The van der Waals surface area contributed by atoms with Crippen LogP contribution in [-0.2, 0) is 7.05 Å². The molecule has 4 nitrogen and oxygen atoms in total. The van der Waals surface area contributed by atoms with E-state index in [1.807, 2.05) is 0 Å². The van der Waals surface area contributed by atoms with E-state index in [9.17, 15) is 18.0 Å². The third-order valence-corrected chi connectivity index (χ3v) is 3.28. The molecule has 1 N–H and O–H groups in total. The highest BCUT2D eigenvalue weighted by molar-refractivity contribution is 5.73. The normalized spacial score (nSPS) is 13.8. The lowest BCUT2D eigenvalue weighted by molar-refractivity contribution is -0.136. The SMILES string of the molecule is CNC(CCC(F)(F)F)c1ccc2c(c1)oc(=O)n2C. The molecule has 0 aliphatic carbocycles. The third kappa shape index (κ3) is 3.04. The van der Waals surface area contributed by atoms with Crippen molar-refractivity contribution in [2.75, 3.05) is 7.05 Å². The maximum Gasteiger partial charge on any atom is 0.419 e. The summed E-state index contributed by atoms with van der Waals surface area (Å²) in [5.41, 5.74) is 1.66. The van der Waals surface area contributed by atoms with E-state index in [0.29, 0.717) is 16.7 Å². The predicted molar refractivity (Wildman–Crippen MR) is 68.5 cm³/mol. The van der Waals surface area contributed by atoms with E-state index in [1.54, 1.807) is 32.3 Å². The van der Waals surface area contributed by atoms with Gasteiger partial charge < -0.3 is 9.73 Å². The summed E-state index contributed by atoms with van der Waals surface area (Å²) in [6.07, 6.45) is -5.11. The van der Waals surface area contributed by atoms with Crippen LogP contribution in [0.15, 0.2) is 27.4 Å². The highest BCUT2D eigenvalue weighted by Crippen LogP contribution is 2.28. The van der Waals surface area contributed by atoms with Crippen molar-refractivity contribution in [2.24, 2.45) is 7.05 Å². The number of hydrogen-bond acceptors (Lipinski definition) is 3. The van der Waals surface area contributed by atoms with Gasteiger partial charge >= 0.3 is 11.9 Å². The number of benzene rings is 1. The summed E-state index contributed by atoms with van der Waals surface area (Å²) in [5, 5.41) is 2.85. The standard InChI is InChI=1S/C13H15F3N2O2/c1-17-9(5-6-13(14,15)16)8-3-4-10-11(7-8)20-12(19)18(10)2/h3-4,7,9,17H,5-6H2,1-2H3. The van der Waals surface area contributed by atoms with Gasteiger partial charge in [0.2, 0.25) is 0 Å². The number of nitrogens with zero attached hydrogens (tertiary/aromatic N) is 1. The number of nitrogens with one attached hydrogen (secondary N) is 1. The molecule has 1 unspecified atom stereocenters. The molecule has 0 saturated heterocycles. The smallest absolute Gasteiger partial charge is 0.408 e. The summed E-state index contributed by atoms with van der Waals surface area (Å²) in [7, 11) is 3.18. The zero-order valence-electron chi connectivity index (χ0n) is 11.1. The van der Waals surface area contributed by atoms with Gasteiger partial charge in [0.25, 0.3) is 0 Å². The van der Waals surface area contributed by atoms with Crippen molar-refractivity contribution in [3.63, 3.8) is 0 Å². The molecule has 0 saturated carbocycles. The van der Waals surface area contributed by atoms with Gasteiger partial charge in [0.15, 0.2) is 5.58 Å². The van der Waals surface area contributed by atoms with Crippen LogP contribution < -0.4 is 11.1 Å². The van der Waals surface area contributed by atoms with Gasteiger partial charge in [-0.3, -0.25) is 4.57 Å². The molecule has 2 rings (SSSR count). The minimum absolute atomic E-state index is 0.0669. The number of hydrogen-bond donors (Lipinski definition) is 1. The summed E-state index contributed by atoms with van der Waals surface area (Å²) in [4.78, 5) is 11.4. The monoisotopic (exact) mass is 288 g/mol. The summed E-state index contributed by atoms with van der Waals surface area (Å²) in [6.45, 7) is 0. The molecule has 0 aliphatic heterocycles. The van der Waals surface area contributed by atoms with Crippen LogP contribution in [0, 0.1) is 0 Å². The minimum atomic E-state index is -4.18. The first-order chi connectivity index (χ1) is 9.31. The topological polar surface area (TPSA) is 47.2 Å². The molecule has 2 aromatic rings. The van der Waals surface area contributed by atoms with Crippen molar-refractivity contribution in [3.05, 3.63) is 34.3 Å². The lowest BCUT2D eigenvalue weighted by atomic mass is 10.0. The Bertz CT molecular complexity index is 658. The molecule has 0 aliphatic rings. The summed E-state index contributed by atoms with van der Waals surface area (Å²) in [5.74, 6) is -0.492. The molecule has 20 heavy (non-hydrogen) atoms. The molecule has 1 atom stereocenters. The molecule has 0 fully saturated rings. The van der Waals surface area contributed by atoms with Gasteiger partial charge in [0, 0.05) is 19.5 Å². The van der Waals surface area contributed by atoms with Crippen molar-refractivity contribution in [3.8, 4) is 0 Å². The number of rotatable bonds is 4. The van der Waals surface area contributed by atoms with Gasteiger partial charge in [-0.1, -0.05) is 6.07 Å². The largest absolute Gasteiger partial charge is 0.419 e. The minimum Gasteiger partial charge on any atom is -0.408 e. The number of halogens is 3. The quantitative estimate of drug-likeness (QED) is 0.941. The molecule has 110 valence electrons. The van der Waals surface area contributed by atoms with E-state index in [4.69, 9.17) is 4.42 Å². The Morgan fingerprint density at radius 2 is 2.10 bits per heavy atom. The lowest BCUT2D eigenvalue weighted by Crippen LogP contribution is -2.19. The average Bonchev–Trinajstić information content (AvgIpc) is 2.64. The molecule has 1 aromatic carbocycles. The van der Waals surface area contributed by atoms with E-state index >= 15 is 0 Å². The van der Waals surface area contributed by atoms with Gasteiger partial charge in [-0.05, 0) is 31.2 Å². The maximum absolute atomic E-state index is 12.3. The van der Waals surface area contributed by atoms with Crippen molar-refractivity contribution < 1.29 is 17.6 Å². The zero-order chi connectivity index (χ0) is 14.9. The van der Waals surface area contributed by atoms with Gasteiger partial charge in [0.05, 0.1) is 5.52 Å². The van der Waals surface area contributed by atoms with Crippen LogP contribution in [0.1, 0.15) is 24.4 Å². The molecular weight excluding hydrogens is 273 g/mol. The van der Waals surface area contributed by atoms with E-state index in [0.717, 1.165) is 0 Å². The van der Waals surface area contributed by atoms with Crippen LogP contribution in [-0.4, -0.2) is 17.8 Å². The number of aryl methyl sites for hydroxylation is 1. The second-order valence-corrected chi connectivity index (χ2v) is 4.65. The van der Waals surface area contributed by atoms with Gasteiger partial charge in [-0.25, -0.2) is 4.79 Å². The maximum atomic E-state index is 12.3. The van der Waals surface area contributed by atoms with Crippen LogP contribution in [0.2, 0.25) is 0 Å². The number of fused-ring (bicyclic) bond motifs is 1. The molecule has 0 bridgehead atoms. The number of oxazole rings is 1. The fraction of sp³-hybridized carbons (Fsp3) is 0.462. The van der Waals surface area contributed by atoms with Crippen molar-refractivity contribution in [1.29, 1.82) is 0 Å². The van der Waals surface area contributed by atoms with E-state index in [-0.39, 0.29) is 6.42 Å². The first-order valence-electron chi connectivity index (χ1n) is 6.15. The Balaban J connectivity index is 2.28. The molecule has 7 heteroatoms. The van der Waals surface area contributed by atoms with Crippen LogP contribution in [0.3, 0.4) is 0 Å². The lowest BCUT2D eigenvalue weighted by Gasteiger charge is -2.17. The van der Waals surface area contributed by atoms with Crippen LogP contribution in [0.5, 0.6) is 0 Å². The van der Waals surface area contributed by atoms with Crippen LogP contribution >= 0.6 is 0 Å². The molecule has 1 aromatic heterocycles. The molecular formula is C13H15F3N2O2. The Labute approximate surface area is 113 Å². The highest BCUT2D eigenvalue weighted by Gasteiger charge is 2.28. The Kier molecular flexibility index (Phi) is 3.89. The number of aromatic nitrogens is 1. The van der Waals surface area contributed by atoms with Crippen LogP contribution in [0.25, 0.3) is 11.1 Å². The molecule has 1 heterocycles. The molecule has 0 amide bonds. The summed E-state index contributed by atoms with van der Waals surface area (Å²) >= 11 is 0. The van der Waals surface area contributed by atoms with Gasteiger partial charge in [0.1, 0.15) is 0 Å². The van der Waals surface area contributed by atoms with Crippen molar-refractivity contribution in [1.82, 2.24) is 9.88 Å². The Morgan fingerprint density at radius 3 is 2.70 bits per heavy atom. The second kappa shape index (κ2) is 5.32. The summed E-state index contributed by atoms with van der Waals surface area (Å²) in [6, 6.07) is 4.54. The third-order valence-electron chi connectivity index (χ3n) is 3.28. The number of alkyl halides is 3. The fourth-order valence-electron chi connectivity index (χ4n) is 2.15. The molecule has 0 radical (unpaired) electrons. The van der Waals surface area contributed by atoms with E-state index in [2.05, 4.69) is 5.32 Å². The highest BCUT2D eigenvalue weighted by atomic mass is 19.4. The first kappa shape index (κ1) is 14.6. The second-order valence-electron chi connectivity index (χ2n) is 4.65. The van der Waals surface area contributed by atoms with E-state index in [1.165, 1.54) is 4.57 Å². The zero-order valence-corrected chi connectivity index (χ0v) is 11.1. The van der Waals surface area contributed by atoms with Crippen LogP contribution in [0.4, 0.5) is 13.2 Å². The van der Waals surface area contributed by atoms with Gasteiger partial charge in [-0.15, -0.1) is 0 Å².